The number of nitrogens with zero attached hydrogens (tertiary/aromatic N) is 1. The van der Waals surface area contributed by atoms with E-state index in [1.165, 1.54) is 0 Å². The van der Waals surface area contributed by atoms with Crippen molar-refractivity contribution in [2.24, 2.45) is 0 Å². The summed E-state index contributed by atoms with van der Waals surface area (Å²) < 4.78 is 5.18. The van der Waals surface area contributed by atoms with Crippen LogP contribution in [-0.4, -0.2) is 30.8 Å². The minimum absolute atomic E-state index is 0.0561. The van der Waals surface area contributed by atoms with Crippen molar-refractivity contribution in [1.82, 2.24) is 0 Å². The molecule has 1 amide bonds. The van der Waals surface area contributed by atoms with Gasteiger partial charge in [0.05, 0.1) is 5.56 Å². The number of ketones is 1. The number of rotatable bonds is 5. The van der Waals surface area contributed by atoms with Gasteiger partial charge in [-0.3, -0.25) is 9.59 Å². The normalized spacial score (nSPS) is 13.8. The molecule has 3 rings (SSSR count). The van der Waals surface area contributed by atoms with E-state index in [4.69, 9.17) is 4.74 Å². The Morgan fingerprint density at radius 1 is 1.12 bits per heavy atom. The number of Topliss-reactive ketones (excluding diaryl/α,β-unsaturated/α-hetero) is 1. The fourth-order valence-electron chi connectivity index (χ4n) is 3.14. The van der Waals surface area contributed by atoms with Gasteiger partial charge < -0.3 is 9.64 Å². The molecule has 0 bridgehead atoms. The number of hydrogen-bond acceptors (Lipinski definition) is 4. The third kappa shape index (κ3) is 3.82. The predicted octanol–water partition coefficient (Wildman–Crippen LogP) is 3.47. The number of ether oxygens (including phenoxy) is 1. The molecule has 134 valence electrons. The summed E-state index contributed by atoms with van der Waals surface area (Å²) in [5.74, 6) is -0.751. The van der Waals surface area contributed by atoms with E-state index in [1.807, 2.05) is 26.0 Å². The van der Waals surface area contributed by atoms with Crippen LogP contribution in [0.3, 0.4) is 0 Å². The Kier molecular flexibility index (Phi) is 5.16. The van der Waals surface area contributed by atoms with Crippen molar-refractivity contribution in [3.05, 3.63) is 64.7 Å². The first kappa shape index (κ1) is 17.9. The molecule has 0 N–H and O–H groups in total. The SMILES string of the molecule is Cc1ccc(C(=O)COC(=O)c2cccc(N3CCCC3=O)c2)c(C)c1. The van der Waals surface area contributed by atoms with Gasteiger partial charge >= 0.3 is 5.97 Å². The van der Waals surface area contributed by atoms with Gasteiger partial charge in [0, 0.05) is 24.2 Å². The Morgan fingerprint density at radius 3 is 2.62 bits per heavy atom. The molecule has 0 aliphatic carbocycles. The summed E-state index contributed by atoms with van der Waals surface area (Å²) in [5, 5.41) is 0. The molecule has 1 saturated heterocycles. The van der Waals surface area contributed by atoms with Gasteiger partial charge in [-0.1, -0.05) is 29.8 Å². The lowest BCUT2D eigenvalue weighted by Crippen LogP contribution is -2.24. The monoisotopic (exact) mass is 351 g/mol. The largest absolute Gasteiger partial charge is 0.454 e. The number of aryl methyl sites for hydroxylation is 2. The maximum absolute atomic E-state index is 12.3. The van der Waals surface area contributed by atoms with E-state index in [-0.39, 0.29) is 18.3 Å². The Hall–Kier alpha value is -2.95. The van der Waals surface area contributed by atoms with Crippen LogP contribution in [0.25, 0.3) is 0 Å². The van der Waals surface area contributed by atoms with Gasteiger partial charge in [-0.05, 0) is 44.0 Å². The van der Waals surface area contributed by atoms with Crippen LogP contribution < -0.4 is 4.90 Å². The van der Waals surface area contributed by atoms with Crippen molar-refractivity contribution < 1.29 is 19.1 Å². The minimum Gasteiger partial charge on any atom is -0.454 e. The van der Waals surface area contributed by atoms with Gasteiger partial charge in [-0.2, -0.15) is 0 Å². The van der Waals surface area contributed by atoms with E-state index < -0.39 is 5.97 Å². The number of amides is 1. The molecule has 0 aromatic heterocycles. The summed E-state index contributed by atoms with van der Waals surface area (Å²) in [6.45, 7) is 4.16. The van der Waals surface area contributed by atoms with Crippen molar-refractivity contribution in [3.8, 4) is 0 Å². The van der Waals surface area contributed by atoms with Crippen LogP contribution in [0.1, 0.15) is 44.7 Å². The molecule has 2 aromatic rings. The van der Waals surface area contributed by atoms with Crippen LogP contribution in [0.2, 0.25) is 0 Å². The van der Waals surface area contributed by atoms with Crippen LogP contribution in [0, 0.1) is 13.8 Å². The Balaban J connectivity index is 1.66. The van der Waals surface area contributed by atoms with Gasteiger partial charge in [-0.15, -0.1) is 0 Å². The second kappa shape index (κ2) is 7.52. The number of esters is 1. The number of benzene rings is 2. The van der Waals surface area contributed by atoms with Crippen LogP contribution in [0.4, 0.5) is 5.69 Å². The summed E-state index contributed by atoms with van der Waals surface area (Å²) in [6.07, 6.45) is 1.34. The van der Waals surface area contributed by atoms with Gasteiger partial charge in [-0.25, -0.2) is 4.79 Å². The molecule has 2 aromatic carbocycles. The minimum atomic E-state index is -0.573. The van der Waals surface area contributed by atoms with Crippen LogP contribution in [-0.2, 0) is 9.53 Å². The van der Waals surface area contributed by atoms with Crippen molar-refractivity contribution in [3.63, 3.8) is 0 Å². The van der Waals surface area contributed by atoms with Gasteiger partial charge in [0.2, 0.25) is 11.7 Å². The highest BCUT2D eigenvalue weighted by Gasteiger charge is 2.22. The van der Waals surface area contributed by atoms with Crippen LogP contribution in [0.5, 0.6) is 0 Å². The highest BCUT2D eigenvalue weighted by Crippen LogP contribution is 2.22. The molecule has 1 heterocycles. The number of hydrogen-bond donors (Lipinski definition) is 0. The van der Waals surface area contributed by atoms with E-state index >= 15 is 0 Å². The van der Waals surface area contributed by atoms with Crippen molar-refractivity contribution >= 4 is 23.3 Å². The second-order valence-corrected chi connectivity index (χ2v) is 6.52. The van der Waals surface area contributed by atoms with E-state index in [2.05, 4.69) is 0 Å². The van der Waals surface area contributed by atoms with E-state index in [0.717, 1.165) is 17.5 Å². The number of anilines is 1. The Labute approximate surface area is 152 Å². The van der Waals surface area contributed by atoms with Crippen molar-refractivity contribution in [1.29, 1.82) is 0 Å². The molecule has 26 heavy (non-hydrogen) atoms. The fourth-order valence-corrected chi connectivity index (χ4v) is 3.14. The average Bonchev–Trinajstić information content (AvgIpc) is 3.05. The predicted molar refractivity (Wildman–Crippen MR) is 98.6 cm³/mol. The molecule has 1 aliphatic heterocycles. The average molecular weight is 351 g/mol. The topological polar surface area (TPSA) is 63.7 Å². The first-order chi connectivity index (χ1) is 12.5. The lowest BCUT2D eigenvalue weighted by Gasteiger charge is -2.16. The van der Waals surface area contributed by atoms with E-state index in [9.17, 15) is 14.4 Å². The molecule has 1 aliphatic rings. The first-order valence-corrected chi connectivity index (χ1v) is 8.64. The molecule has 0 spiro atoms. The van der Waals surface area contributed by atoms with Gasteiger partial charge in [0.15, 0.2) is 6.61 Å². The maximum atomic E-state index is 12.3. The Morgan fingerprint density at radius 2 is 1.92 bits per heavy atom. The standard InChI is InChI=1S/C21H21NO4/c1-14-8-9-18(15(2)11-14)19(23)13-26-21(25)16-5-3-6-17(12-16)22-10-4-7-20(22)24/h3,5-6,8-9,11-12H,4,7,10,13H2,1-2H3. The third-order valence-electron chi connectivity index (χ3n) is 4.48. The molecule has 0 saturated carbocycles. The number of carbonyl (C=O) groups excluding carboxylic acids is 3. The number of carbonyl (C=O) groups is 3. The zero-order valence-electron chi connectivity index (χ0n) is 15.0. The second-order valence-electron chi connectivity index (χ2n) is 6.52. The summed E-state index contributed by atoms with van der Waals surface area (Å²) in [5.41, 5.74) is 3.50. The quantitative estimate of drug-likeness (QED) is 0.611. The fraction of sp³-hybridized carbons (Fsp3) is 0.286. The van der Waals surface area contributed by atoms with E-state index in [0.29, 0.717) is 29.8 Å². The molecule has 0 radical (unpaired) electrons. The molecule has 0 atom stereocenters. The third-order valence-corrected chi connectivity index (χ3v) is 4.48. The maximum Gasteiger partial charge on any atom is 0.338 e. The molecule has 5 heteroatoms. The lowest BCUT2D eigenvalue weighted by atomic mass is 10.0. The summed E-state index contributed by atoms with van der Waals surface area (Å²) in [7, 11) is 0. The Bertz CT molecular complexity index is 872. The molecule has 0 unspecified atom stereocenters. The zero-order valence-corrected chi connectivity index (χ0v) is 15.0. The van der Waals surface area contributed by atoms with E-state index in [1.54, 1.807) is 35.2 Å². The lowest BCUT2D eigenvalue weighted by molar-refractivity contribution is -0.117. The summed E-state index contributed by atoms with van der Waals surface area (Å²) >= 11 is 0. The smallest absolute Gasteiger partial charge is 0.338 e. The molecular weight excluding hydrogens is 330 g/mol. The summed E-state index contributed by atoms with van der Waals surface area (Å²) in [4.78, 5) is 38.1. The molecule has 1 fully saturated rings. The van der Waals surface area contributed by atoms with Crippen molar-refractivity contribution in [2.75, 3.05) is 18.1 Å². The summed E-state index contributed by atoms with van der Waals surface area (Å²) in [6, 6.07) is 12.3. The van der Waals surface area contributed by atoms with Crippen molar-refractivity contribution in [2.45, 2.75) is 26.7 Å². The highest BCUT2D eigenvalue weighted by molar-refractivity contribution is 6.01. The van der Waals surface area contributed by atoms with Gasteiger partial charge in [0.1, 0.15) is 0 Å². The van der Waals surface area contributed by atoms with Crippen LogP contribution >= 0.6 is 0 Å². The zero-order chi connectivity index (χ0) is 18.7. The first-order valence-electron chi connectivity index (χ1n) is 8.64. The molecule has 5 nitrogen and oxygen atoms in total. The highest BCUT2D eigenvalue weighted by atomic mass is 16.5. The van der Waals surface area contributed by atoms with Gasteiger partial charge in [0.25, 0.3) is 0 Å². The van der Waals surface area contributed by atoms with Crippen LogP contribution in [0.15, 0.2) is 42.5 Å². The molecular formula is C21H21NO4.